The first-order chi connectivity index (χ1) is 7.58. The zero-order valence-electron chi connectivity index (χ0n) is 10.1. The number of likely N-dealkylation sites (tertiary alicyclic amines) is 1. The molecule has 1 aliphatic heterocycles. The molecular formula is C11H21ClN2O3. The van der Waals surface area contributed by atoms with E-state index in [1.165, 1.54) is 6.92 Å². The third kappa shape index (κ3) is 7.18. The van der Waals surface area contributed by atoms with Crippen LogP contribution in [0.15, 0.2) is 0 Å². The van der Waals surface area contributed by atoms with Crippen LogP contribution in [0.4, 0.5) is 0 Å². The number of carboxylic acid groups (broad SMARTS) is 1. The number of carbonyl (C=O) groups is 2. The Morgan fingerprint density at radius 3 is 2.41 bits per heavy atom. The van der Waals surface area contributed by atoms with Gasteiger partial charge in [0.1, 0.15) is 0 Å². The minimum absolute atomic E-state index is 0. The van der Waals surface area contributed by atoms with E-state index in [9.17, 15) is 9.59 Å². The Hall–Kier alpha value is -0.810. The van der Waals surface area contributed by atoms with Crippen molar-refractivity contribution in [3.05, 3.63) is 0 Å². The number of rotatable bonds is 5. The predicted octanol–water partition coefficient (Wildman–Crippen LogP) is 0.731. The average molecular weight is 265 g/mol. The smallest absolute Gasteiger partial charge is 0.304 e. The fourth-order valence-electron chi connectivity index (χ4n) is 1.96. The molecule has 17 heavy (non-hydrogen) atoms. The van der Waals surface area contributed by atoms with Crippen molar-refractivity contribution in [2.45, 2.75) is 26.2 Å². The van der Waals surface area contributed by atoms with Gasteiger partial charge in [0.2, 0.25) is 5.91 Å². The monoisotopic (exact) mass is 264 g/mol. The van der Waals surface area contributed by atoms with Crippen molar-refractivity contribution in [2.75, 3.05) is 26.2 Å². The molecule has 1 rings (SSSR count). The Morgan fingerprint density at radius 1 is 1.35 bits per heavy atom. The van der Waals surface area contributed by atoms with Crippen LogP contribution in [-0.2, 0) is 9.59 Å². The van der Waals surface area contributed by atoms with Gasteiger partial charge in [0.25, 0.3) is 0 Å². The standard InChI is InChI=1S/C11H20N2O3.ClH/c1-9(14)12-8-10-2-5-13(6-3-10)7-4-11(15)16;/h10H,2-8H2,1H3,(H,12,14)(H,15,16);1H. The Bertz CT molecular complexity index is 227. The summed E-state index contributed by atoms with van der Waals surface area (Å²) in [6.07, 6.45) is 2.30. The number of hydrogen-bond donors (Lipinski definition) is 2. The number of amides is 1. The normalized spacial score (nSPS) is 17.2. The number of halogens is 1. The fourth-order valence-corrected chi connectivity index (χ4v) is 1.96. The van der Waals surface area contributed by atoms with E-state index in [1.54, 1.807) is 0 Å². The molecule has 1 saturated heterocycles. The number of aliphatic carboxylic acids is 1. The highest BCUT2D eigenvalue weighted by Crippen LogP contribution is 2.16. The van der Waals surface area contributed by atoms with E-state index in [-0.39, 0.29) is 24.7 Å². The summed E-state index contributed by atoms with van der Waals surface area (Å²) >= 11 is 0. The summed E-state index contributed by atoms with van der Waals surface area (Å²) in [6, 6.07) is 0. The molecule has 0 spiro atoms. The Balaban J connectivity index is 0.00000256. The average Bonchev–Trinajstić information content (AvgIpc) is 2.25. The summed E-state index contributed by atoms with van der Waals surface area (Å²) in [7, 11) is 0. The second-order valence-corrected chi connectivity index (χ2v) is 4.37. The topological polar surface area (TPSA) is 69.6 Å². The van der Waals surface area contributed by atoms with Crippen LogP contribution in [0.25, 0.3) is 0 Å². The van der Waals surface area contributed by atoms with Gasteiger partial charge in [-0.05, 0) is 31.8 Å². The molecule has 0 aliphatic carbocycles. The fraction of sp³-hybridized carbons (Fsp3) is 0.818. The van der Waals surface area contributed by atoms with Crippen molar-refractivity contribution in [2.24, 2.45) is 5.92 Å². The molecule has 6 heteroatoms. The zero-order chi connectivity index (χ0) is 12.0. The molecule has 0 unspecified atom stereocenters. The van der Waals surface area contributed by atoms with Gasteiger partial charge in [-0.1, -0.05) is 0 Å². The lowest BCUT2D eigenvalue weighted by molar-refractivity contribution is -0.137. The second-order valence-electron chi connectivity index (χ2n) is 4.37. The van der Waals surface area contributed by atoms with Crippen LogP contribution in [0.2, 0.25) is 0 Å². The molecule has 1 amide bonds. The molecule has 1 fully saturated rings. The van der Waals surface area contributed by atoms with E-state index in [1.807, 2.05) is 0 Å². The van der Waals surface area contributed by atoms with Gasteiger partial charge >= 0.3 is 5.97 Å². The maximum Gasteiger partial charge on any atom is 0.304 e. The lowest BCUT2D eigenvalue weighted by Gasteiger charge is -2.31. The molecular weight excluding hydrogens is 244 g/mol. The van der Waals surface area contributed by atoms with Crippen molar-refractivity contribution in [1.82, 2.24) is 10.2 Å². The van der Waals surface area contributed by atoms with Crippen LogP contribution in [0, 0.1) is 5.92 Å². The first-order valence-electron chi connectivity index (χ1n) is 5.76. The van der Waals surface area contributed by atoms with Crippen molar-refractivity contribution in [3.63, 3.8) is 0 Å². The molecule has 0 atom stereocenters. The van der Waals surface area contributed by atoms with Gasteiger partial charge in [-0.25, -0.2) is 0 Å². The molecule has 5 nitrogen and oxygen atoms in total. The van der Waals surface area contributed by atoms with E-state index < -0.39 is 5.97 Å². The maximum absolute atomic E-state index is 10.7. The van der Waals surface area contributed by atoms with Gasteiger partial charge in [0, 0.05) is 20.0 Å². The van der Waals surface area contributed by atoms with Gasteiger partial charge in [-0.2, -0.15) is 0 Å². The maximum atomic E-state index is 10.7. The molecule has 0 saturated carbocycles. The van der Waals surface area contributed by atoms with E-state index >= 15 is 0 Å². The molecule has 0 radical (unpaired) electrons. The number of hydrogen-bond acceptors (Lipinski definition) is 3. The quantitative estimate of drug-likeness (QED) is 0.768. The molecule has 0 aromatic rings. The number of nitrogens with zero attached hydrogens (tertiary/aromatic N) is 1. The predicted molar refractivity (Wildman–Crippen MR) is 67.3 cm³/mol. The van der Waals surface area contributed by atoms with E-state index in [0.29, 0.717) is 12.5 Å². The summed E-state index contributed by atoms with van der Waals surface area (Å²) in [4.78, 5) is 23.3. The zero-order valence-corrected chi connectivity index (χ0v) is 11.0. The number of nitrogens with one attached hydrogen (secondary N) is 1. The number of piperidine rings is 1. The first-order valence-corrected chi connectivity index (χ1v) is 5.76. The largest absolute Gasteiger partial charge is 0.481 e. The summed E-state index contributed by atoms with van der Waals surface area (Å²) in [5.74, 6) is -0.168. The molecule has 1 aliphatic rings. The van der Waals surface area contributed by atoms with Crippen molar-refractivity contribution in [3.8, 4) is 0 Å². The van der Waals surface area contributed by atoms with Crippen LogP contribution in [0.5, 0.6) is 0 Å². The molecule has 2 N–H and O–H groups in total. The summed E-state index contributed by atoms with van der Waals surface area (Å²) in [5, 5.41) is 11.4. The van der Waals surface area contributed by atoms with Crippen molar-refractivity contribution in [1.29, 1.82) is 0 Å². The molecule has 0 aromatic heterocycles. The first kappa shape index (κ1) is 16.2. The van der Waals surface area contributed by atoms with Crippen LogP contribution in [0.3, 0.4) is 0 Å². The van der Waals surface area contributed by atoms with Crippen LogP contribution in [0.1, 0.15) is 26.2 Å². The molecule has 0 aromatic carbocycles. The highest BCUT2D eigenvalue weighted by Gasteiger charge is 2.19. The van der Waals surface area contributed by atoms with Crippen LogP contribution < -0.4 is 5.32 Å². The highest BCUT2D eigenvalue weighted by atomic mass is 35.5. The van der Waals surface area contributed by atoms with Gasteiger partial charge in [-0.3, -0.25) is 9.59 Å². The van der Waals surface area contributed by atoms with E-state index in [0.717, 1.165) is 32.5 Å². The van der Waals surface area contributed by atoms with Crippen molar-refractivity contribution < 1.29 is 14.7 Å². The second kappa shape index (κ2) is 8.31. The third-order valence-corrected chi connectivity index (χ3v) is 2.99. The Labute approximate surface area is 108 Å². The van der Waals surface area contributed by atoms with Crippen LogP contribution >= 0.6 is 12.4 Å². The Morgan fingerprint density at radius 2 is 1.94 bits per heavy atom. The Kier molecular flexibility index (Phi) is 7.91. The van der Waals surface area contributed by atoms with E-state index in [4.69, 9.17) is 5.11 Å². The van der Waals surface area contributed by atoms with Crippen LogP contribution in [-0.4, -0.2) is 48.1 Å². The SMILES string of the molecule is CC(=O)NCC1CCN(CCC(=O)O)CC1.Cl. The van der Waals surface area contributed by atoms with E-state index in [2.05, 4.69) is 10.2 Å². The number of carboxylic acids is 1. The van der Waals surface area contributed by atoms with Gasteiger partial charge in [0.15, 0.2) is 0 Å². The minimum atomic E-state index is -0.736. The lowest BCUT2D eigenvalue weighted by atomic mass is 9.96. The minimum Gasteiger partial charge on any atom is -0.481 e. The van der Waals surface area contributed by atoms with Gasteiger partial charge < -0.3 is 15.3 Å². The van der Waals surface area contributed by atoms with Crippen molar-refractivity contribution >= 4 is 24.3 Å². The highest BCUT2D eigenvalue weighted by molar-refractivity contribution is 5.85. The van der Waals surface area contributed by atoms with Gasteiger partial charge in [-0.15, -0.1) is 12.4 Å². The number of carbonyl (C=O) groups excluding carboxylic acids is 1. The summed E-state index contributed by atoms with van der Waals surface area (Å²) in [6.45, 7) is 4.81. The summed E-state index contributed by atoms with van der Waals surface area (Å²) < 4.78 is 0. The third-order valence-electron chi connectivity index (χ3n) is 2.99. The lowest BCUT2D eigenvalue weighted by Crippen LogP contribution is -2.39. The molecule has 0 bridgehead atoms. The molecule has 100 valence electrons. The van der Waals surface area contributed by atoms with Gasteiger partial charge in [0.05, 0.1) is 6.42 Å². The summed E-state index contributed by atoms with van der Waals surface area (Å²) in [5.41, 5.74) is 0. The molecule has 1 heterocycles.